The Morgan fingerprint density at radius 2 is 2.42 bits per heavy atom. The van der Waals surface area contributed by atoms with E-state index in [-0.39, 0.29) is 11.5 Å². The maximum absolute atomic E-state index is 11.3. The third-order valence-corrected chi connectivity index (χ3v) is 2.00. The molecule has 0 amide bonds. The normalized spacial score (nSPS) is 18.4. The van der Waals surface area contributed by atoms with Crippen molar-refractivity contribution in [2.75, 3.05) is 13.2 Å². The van der Waals surface area contributed by atoms with Crippen LogP contribution in [0.3, 0.4) is 0 Å². The first-order valence-electron chi connectivity index (χ1n) is 4.28. The molecule has 0 radical (unpaired) electrons. The zero-order chi connectivity index (χ0) is 9.03. The van der Waals surface area contributed by atoms with E-state index < -0.39 is 0 Å². The molecule has 1 rings (SSSR count). The van der Waals surface area contributed by atoms with Gasteiger partial charge in [-0.2, -0.15) is 0 Å². The number of nitrogens with one attached hydrogen (secondary N) is 1. The molecule has 0 atom stereocenters. The van der Waals surface area contributed by atoms with Gasteiger partial charge in [0.15, 0.2) is 0 Å². The highest BCUT2D eigenvalue weighted by atomic mass is 16.5. The number of carbonyl (C=O) groups excluding carboxylic acids is 1. The summed E-state index contributed by atoms with van der Waals surface area (Å²) in [5.74, 6) is -0.119. The molecule has 0 saturated heterocycles. The molecule has 0 heterocycles. The second kappa shape index (κ2) is 3.72. The summed E-state index contributed by atoms with van der Waals surface area (Å²) in [6.45, 7) is 6.52. The van der Waals surface area contributed by atoms with Crippen LogP contribution in [0.15, 0.2) is 12.7 Å². The first-order chi connectivity index (χ1) is 5.75. The third-order valence-electron chi connectivity index (χ3n) is 2.00. The highest BCUT2D eigenvalue weighted by Crippen LogP contribution is 2.36. The molecule has 0 bridgehead atoms. The lowest BCUT2D eigenvalue weighted by Crippen LogP contribution is -2.40. The SMILES string of the molecule is C=CCNC1(C(=O)OCC)CC1. The fraction of sp³-hybridized carbons (Fsp3) is 0.667. The molecule has 0 aromatic rings. The summed E-state index contributed by atoms with van der Waals surface area (Å²) in [4.78, 5) is 11.3. The molecule has 0 spiro atoms. The molecule has 12 heavy (non-hydrogen) atoms. The van der Waals surface area contributed by atoms with Crippen LogP contribution in [0.25, 0.3) is 0 Å². The first kappa shape index (κ1) is 9.26. The predicted octanol–water partition coefficient (Wildman–Crippen LogP) is 0.858. The van der Waals surface area contributed by atoms with Gasteiger partial charge in [0.05, 0.1) is 6.61 Å². The largest absolute Gasteiger partial charge is 0.465 e. The highest BCUT2D eigenvalue weighted by molar-refractivity contribution is 5.84. The van der Waals surface area contributed by atoms with E-state index >= 15 is 0 Å². The van der Waals surface area contributed by atoms with E-state index in [1.807, 2.05) is 6.92 Å². The summed E-state index contributed by atoms with van der Waals surface area (Å²) in [6.07, 6.45) is 3.53. The van der Waals surface area contributed by atoms with Crippen molar-refractivity contribution < 1.29 is 9.53 Å². The average molecular weight is 169 g/mol. The van der Waals surface area contributed by atoms with Crippen molar-refractivity contribution in [2.45, 2.75) is 25.3 Å². The lowest BCUT2D eigenvalue weighted by Gasteiger charge is -2.13. The van der Waals surface area contributed by atoms with Gasteiger partial charge in [0, 0.05) is 6.54 Å². The van der Waals surface area contributed by atoms with Crippen LogP contribution in [-0.4, -0.2) is 24.7 Å². The number of hydrogen-bond donors (Lipinski definition) is 1. The second-order valence-corrected chi connectivity index (χ2v) is 2.97. The molecule has 0 unspecified atom stereocenters. The molecule has 1 fully saturated rings. The van der Waals surface area contributed by atoms with E-state index in [0.29, 0.717) is 13.2 Å². The standard InChI is InChI=1S/C9H15NO2/c1-3-7-10-9(5-6-9)8(11)12-4-2/h3,10H,1,4-7H2,2H3. The molecule has 1 N–H and O–H groups in total. The topological polar surface area (TPSA) is 38.3 Å². The van der Waals surface area contributed by atoms with Gasteiger partial charge < -0.3 is 4.74 Å². The van der Waals surface area contributed by atoms with Crippen molar-refractivity contribution in [3.8, 4) is 0 Å². The van der Waals surface area contributed by atoms with Crippen molar-refractivity contribution in [1.29, 1.82) is 0 Å². The van der Waals surface area contributed by atoms with Gasteiger partial charge >= 0.3 is 5.97 Å². The fourth-order valence-corrected chi connectivity index (χ4v) is 1.11. The van der Waals surface area contributed by atoms with Crippen molar-refractivity contribution in [1.82, 2.24) is 5.32 Å². The Bertz CT molecular complexity index is 185. The van der Waals surface area contributed by atoms with Crippen LogP contribution in [0.1, 0.15) is 19.8 Å². The van der Waals surface area contributed by atoms with Crippen LogP contribution in [0.5, 0.6) is 0 Å². The van der Waals surface area contributed by atoms with Crippen LogP contribution in [0.2, 0.25) is 0 Å². The van der Waals surface area contributed by atoms with Gasteiger partial charge in [-0.1, -0.05) is 6.08 Å². The number of carbonyl (C=O) groups is 1. The lowest BCUT2D eigenvalue weighted by atomic mass is 10.3. The zero-order valence-electron chi connectivity index (χ0n) is 7.43. The van der Waals surface area contributed by atoms with Gasteiger partial charge in [-0.05, 0) is 19.8 Å². The molecule has 1 saturated carbocycles. The Balaban J connectivity index is 2.37. The molecule has 68 valence electrons. The van der Waals surface area contributed by atoms with Crippen molar-refractivity contribution in [3.63, 3.8) is 0 Å². The van der Waals surface area contributed by atoms with Crippen molar-refractivity contribution in [2.24, 2.45) is 0 Å². The smallest absolute Gasteiger partial charge is 0.326 e. The van der Waals surface area contributed by atoms with Crippen LogP contribution >= 0.6 is 0 Å². The fourth-order valence-electron chi connectivity index (χ4n) is 1.11. The van der Waals surface area contributed by atoms with Crippen LogP contribution in [0, 0.1) is 0 Å². The Labute approximate surface area is 72.8 Å². The Hall–Kier alpha value is -0.830. The lowest BCUT2D eigenvalue weighted by molar-refractivity contribution is -0.146. The minimum absolute atomic E-state index is 0.119. The highest BCUT2D eigenvalue weighted by Gasteiger charge is 2.50. The van der Waals surface area contributed by atoms with Gasteiger partial charge in [-0.3, -0.25) is 10.1 Å². The van der Waals surface area contributed by atoms with E-state index in [1.165, 1.54) is 0 Å². The van der Waals surface area contributed by atoms with Crippen molar-refractivity contribution >= 4 is 5.97 Å². The molecule has 0 aliphatic heterocycles. The maximum Gasteiger partial charge on any atom is 0.326 e. The van der Waals surface area contributed by atoms with E-state index in [4.69, 9.17) is 4.74 Å². The molecule has 0 aromatic heterocycles. The summed E-state index contributed by atoms with van der Waals surface area (Å²) in [7, 11) is 0. The molecule has 1 aliphatic rings. The summed E-state index contributed by atoms with van der Waals surface area (Å²) in [5.41, 5.74) is -0.371. The minimum Gasteiger partial charge on any atom is -0.465 e. The zero-order valence-corrected chi connectivity index (χ0v) is 7.43. The number of hydrogen-bond acceptors (Lipinski definition) is 3. The van der Waals surface area contributed by atoms with Gasteiger partial charge in [-0.25, -0.2) is 0 Å². The molecule has 3 heteroatoms. The predicted molar refractivity (Wildman–Crippen MR) is 46.8 cm³/mol. The van der Waals surface area contributed by atoms with Gasteiger partial charge in [-0.15, -0.1) is 6.58 Å². The third kappa shape index (κ3) is 1.85. The Morgan fingerprint density at radius 1 is 1.75 bits per heavy atom. The summed E-state index contributed by atoms with van der Waals surface area (Å²) in [6, 6.07) is 0. The minimum atomic E-state index is -0.371. The quantitative estimate of drug-likeness (QED) is 0.490. The summed E-state index contributed by atoms with van der Waals surface area (Å²) < 4.78 is 4.93. The summed E-state index contributed by atoms with van der Waals surface area (Å²) >= 11 is 0. The molecule has 3 nitrogen and oxygen atoms in total. The van der Waals surface area contributed by atoms with Gasteiger partial charge in [0.2, 0.25) is 0 Å². The molecule has 0 aromatic carbocycles. The summed E-state index contributed by atoms with van der Waals surface area (Å²) in [5, 5.41) is 3.11. The van der Waals surface area contributed by atoms with Crippen LogP contribution in [0.4, 0.5) is 0 Å². The molecule has 1 aliphatic carbocycles. The average Bonchev–Trinajstić information content (AvgIpc) is 2.82. The molecular formula is C9H15NO2. The molecular weight excluding hydrogens is 154 g/mol. The number of esters is 1. The second-order valence-electron chi connectivity index (χ2n) is 2.97. The van der Waals surface area contributed by atoms with Crippen LogP contribution in [-0.2, 0) is 9.53 Å². The number of ether oxygens (including phenoxy) is 1. The monoisotopic (exact) mass is 169 g/mol. The van der Waals surface area contributed by atoms with Gasteiger partial charge in [0.25, 0.3) is 0 Å². The first-order valence-corrected chi connectivity index (χ1v) is 4.28. The van der Waals surface area contributed by atoms with Gasteiger partial charge in [0.1, 0.15) is 5.54 Å². The van der Waals surface area contributed by atoms with E-state index in [9.17, 15) is 4.79 Å². The van der Waals surface area contributed by atoms with E-state index in [2.05, 4.69) is 11.9 Å². The Morgan fingerprint density at radius 3 is 2.83 bits per heavy atom. The van der Waals surface area contributed by atoms with E-state index in [0.717, 1.165) is 12.8 Å². The number of rotatable bonds is 5. The van der Waals surface area contributed by atoms with Crippen molar-refractivity contribution in [3.05, 3.63) is 12.7 Å². The Kier molecular flexibility index (Phi) is 2.87. The maximum atomic E-state index is 11.3. The van der Waals surface area contributed by atoms with Crippen LogP contribution < -0.4 is 5.32 Å². The van der Waals surface area contributed by atoms with E-state index in [1.54, 1.807) is 6.08 Å².